The Hall–Kier alpha value is -1.16. The second-order valence-electron chi connectivity index (χ2n) is 2.78. The maximum absolute atomic E-state index is 10.5. The van der Waals surface area contributed by atoms with E-state index in [2.05, 4.69) is 5.10 Å². The molecule has 1 rings (SSSR count). The molecule has 0 spiro atoms. The van der Waals surface area contributed by atoms with Crippen molar-refractivity contribution in [3.05, 3.63) is 18.0 Å². The predicted molar refractivity (Wildman–Crippen MR) is 45.5 cm³/mol. The van der Waals surface area contributed by atoms with Gasteiger partial charge in [-0.2, -0.15) is 5.10 Å². The van der Waals surface area contributed by atoms with E-state index in [9.17, 15) is 4.79 Å². The molecule has 0 aromatic carbocycles. The highest BCUT2D eigenvalue weighted by Crippen LogP contribution is 2.03. The highest BCUT2D eigenvalue weighted by Gasteiger charge is 2.07. The molecule has 0 aliphatic carbocycles. The van der Waals surface area contributed by atoms with Gasteiger partial charge in [-0.25, -0.2) is 0 Å². The number of hydrogen-bond donors (Lipinski definition) is 1. The first kappa shape index (κ1) is 8.93. The first-order valence-corrected chi connectivity index (χ1v) is 3.90. The maximum atomic E-state index is 10.5. The van der Waals surface area contributed by atoms with Gasteiger partial charge in [0.05, 0.1) is 0 Å². The fraction of sp³-hybridized carbons (Fsp3) is 0.500. The molecule has 0 radical (unpaired) electrons. The summed E-state index contributed by atoms with van der Waals surface area (Å²) in [6, 6.07) is 1.90. The lowest BCUT2D eigenvalue weighted by Gasteiger charge is -2.06. The summed E-state index contributed by atoms with van der Waals surface area (Å²) in [6.45, 7) is 0.397. The van der Waals surface area contributed by atoms with Gasteiger partial charge in [-0.1, -0.05) is 0 Å². The monoisotopic (exact) mass is 167 g/mol. The Bertz CT molecular complexity index is 257. The molecule has 1 unspecified atom stereocenters. The summed E-state index contributed by atoms with van der Waals surface area (Å²) in [6.07, 6.45) is 3.29. The SMILES string of the molecule is Cn1nccc1CC(C=O)CN. The van der Waals surface area contributed by atoms with Crippen LogP contribution < -0.4 is 5.73 Å². The van der Waals surface area contributed by atoms with E-state index in [1.54, 1.807) is 10.9 Å². The van der Waals surface area contributed by atoms with Gasteiger partial charge in [0, 0.05) is 31.4 Å². The van der Waals surface area contributed by atoms with E-state index in [1.807, 2.05) is 13.1 Å². The van der Waals surface area contributed by atoms with Crippen molar-refractivity contribution >= 4 is 6.29 Å². The Morgan fingerprint density at radius 2 is 2.58 bits per heavy atom. The van der Waals surface area contributed by atoms with E-state index in [4.69, 9.17) is 5.73 Å². The second-order valence-corrected chi connectivity index (χ2v) is 2.78. The fourth-order valence-corrected chi connectivity index (χ4v) is 1.06. The number of hydrogen-bond acceptors (Lipinski definition) is 3. The average Bonchev–Trinajstić information content (AvgIpc) is 2.47. The van der Waals surface area contributed by atoms with Crippen LogP contribution in [0.3, 0.4) is 0 Å². The van der Waals surface area contributed by atoms with Crippen molar-refractivity contribution in [2.24, 2.45) is 18.7 Å². The smallest absolute Gasteiger partial charge is 0.124 e. The van der Waals surface area contributed by atoms with Gasteiger partial charge in [0.15, 0.2) is 0 Å². The van der Waals surface area contributed by atoms with Crippen LogP contribution in [0, 0.1) is 5.92 Å². The maximum Gasteiger partial charge on any atom is 0.124 e. The molecule has 0 bridgehead atoms. The minimum atomic E-state index is -0.0830. The molecule has 0 saturated heterocycles. The number of nitrogens with two attached hydrogens (primary N) is 1. The third kappa shape index (κ3) is 1.92. The van der Waals surface area contributed by atoms with Crippen LogP contribution in [0.4, 0.5) is 0 Å². The third-order valence-electron chi connectivity index (χ3n) is 1.89. The van der Waals surface area contributed by atoms with E-state index >= 15 is 0 Å². The van der Waals surface area contributed by atoms with Crippen LogP contribution >= 0.6 is 0 Å². The zero-order chi connectivity index (χ0) is 8.97. The Morgan fingerprint density at radius 3 is 3.00 bits per heavy atom. The van der Waals surface area contributed by atoms with E-state index < -0.39 is 0 Å². The molecule has 0 fully saturated rings. The largest absolute Gasteiger partial charge is 0.330 e. The zero-order valence-corrected chi connectivity index (χ0v) is 7.10. The number of aromatic nitrogens is 2. The number of aldehydes is 1. The Morgan fingerprint density at radius 1 is 1.83 bits per heavy atom. The molecule has 1 heterocycles. The molecule has 1 atom stereocenters. The van der Waals surface area contributed by atoms with Crippen molar-refractivity contribution < 1.29 is 4.79 Å². The first-order valence-electron chi connectivity index (χ1n) is 3.90. The van der Waals surface area contributed by atoms with Gasteiger partial charge in [-0.15, -0.1) is 0 Å². The number of aryl methyl sites for hydroxylation is 1. The molecule has 0 aliphatic heterocycles. The Balaban J connectivity index is 2.62. The van der Waals surface area contributed by atoms with Crippen molar-refractivity contribution in [2.75, 3.05) is 6.54 Å². The average molecular weight is 167 g/mol. The van der Waals surface area contributed by atoms with Crippen LogP contribution in [0.25, 0.3) is 0 Å². The quantitative estimate of drug-likeness (QED) is 0.628. The van der Waals surface area contributed by atoms with Crippen molar-refractivity contribution in [2.45, 2.75) is 6.42 Å². The summed E-state index contributed by atoms with van der Waals surface area (Å²) < 4.78 is 1.76. The molecule has 4 heteroatoms. The third-order valence-corrected chi connectivity index (χ3v) is 1.89. The summed E-state index contributed by atoms with van der Waals surface area (Å²) in [7, 11) is 1.85. The molecule has 2 N–H and O–H groups in total. The van der Waals surface area contributed by atoms with Gasteiger partial charge in [0.2, 0.25) is 0 Å². The lowest BCUT2D eigenvalue weighted by molar-refractivity contribution is -0.110. The lowest BCUT2D eigenvalue weighted by Crippen LogP contribution is -2.19. The molecule has 4 nitrogen and oxygen atoms in total. The van der Waals surface area contributed by atoms with Gasteiger partial charge in [-0.3, -0.25) is 4.68 Å². The zero-order valence-electron chi connectivity index (χ0n) is 7.10. The highest BCUT2D eigenvalue weighted by atomic mass is 16.1. The predicted octanol–water partition coefficient (Wildman–Crippen LogP) is -0.264. The molecule has 0 amide bonds. The minimum absolute atomic E-state index is 0.0830. The van der Waals surface area contributed by atoms with E-state index in [0.717, 1.165) is 12.0 Å². The number of carbonyl (C=O) groups excluding carboxylic acids is 1. The summed E-state index contributed by atoms with van der Waals surface area (Å²) in [5, 5.41) is 4.00. The molecule has 0 aliphatic rings. The number of carbonyl (C=O) groups is 1. The van der Waals surface area contributed by atoms with Gasteiger partial charge >= 0.3 is 0 Å². The molecule has 0 saturated carbocycles. The van der Waals surface area contributed by atoms with Crippen molar-refractivity contribution in [3.8, 4) is 0 Å². The molecule has 66 valence electrons. The molecule has 12 heavy (non-hydrogen) atoms. The summed E-state index contributed by atoms with van der Waals surface area (Å²) in [5.41, 5.74) is 6.43. The van der Waals surface area contributed by atoms with Crippen LogP contribution in [-0.4, -0.2) is 22.6 Å². The van der Waals surface area contributed by atoms with Crippen molar-refractivity contribution in [1.82, 2.24) is 9.78 Å². The molecule has 1 aromatic heterocycles. The van der Waals surface area contributed by atoms with Gasteiger partial charge < -0.3 is 10.5 Å². The van der Waals surface area contributed by atoms with E-state index in [-0.39, 0.29) is 5.92 Å². The van der Waals surface area contributed by atoms with Crippen LogP contribution in [0.1, 0.15) is 5.69 Å². The van der Waals surface area contributed by atoms with Gasteiger partial charge in [-0.05, 0) is 12.5 Å². The summed E-state index contributed by atoms with van der Waals surface area (Å²) in [4.78, 5) is 10.5. The van der Waals surface area contributed by atoms with Crippen LogP contribution in [0.2, 0.25) is 0 Å². The Labute approximate surface area is 71.4 Å². The molecular formula is C8H13N3O. The standard InChI is InChI=1S/C8H13N3O/c1-11-8(2-3-10-11)4-7(5-9)6-12/h2-3,6-7H,4-5,9H2,1H3. The fourth-order valence-electron chi connectivity index (χ4n) is 1.06. The number of rotatable bonds is 4. The minimum Gasteiger partial charge on any atom is -0.330 e. The van der Waals surface area contributed by atoms with Gasteiger partial charge in [0.25, 0.3) is 0 Å². The topological polar surface area (TPSA) is 60.9 Å². The van der Waals surface area contributed by atoms with E-state index in [1.165, 1.54) is 0 Å². The lowest BCUT2D eigenvalue weighted by atomic mass is 10.1. The number of nitrogens with zero attached hydrogens (tertiary/aromatic N) is 2. The normalized spacial score (nSPS) is 12.8. The second kappa shape index (κ2) is 4.01. The van der Waals surface area contributed by atoms with Crippen LogP contribution in [0.15, 0.2) is 12.3 Å². The van der Waals surface area contributed by atoms with Crippen molar-refractivity contribution in [1.29, 1.82) is 0 Å². The first-order chi connectivity index (χ1) is 5.77. The van der Waals surface area contributed by atoms with Crippen molar-refractivity contribution in [3.63, 3.8) is 0 Å². The highest BCUT2D eigenvalue weighted by molar-refractivity contribution is 5.54. The van der Waals surface area contributed by atoms with Crippen LogP contribution in [0.5, 0.6) is 0 Å². The van der Waals surface area contributed by atoms with Crippen LogP contribution in [-0.2, 0) is 18.3 Å². The molecule has 1 aromatic rings. The Kier molecular flexibility index (Phi) is 2.99. The van der Waals surface area contributed by atoms with Gasteiger partial charge in [0.1, 0.15) is 6.29 Å². The summed E-state index contributed by atoms with van der Waals surface area (Å²) in [5.74, 6) is -0.0830. The molecular weight excluding hydrogens is 154 g/mol. The van der Waals surface area contributed by atoms with E-state index in [0.29, 0.717) is 13.0 Å². The summed E-state index contributed by atoms with van der Waals surface area (Å²) >= 11 is 0.